The average molecular weight is 413 g/mol. The third kappa shape index (κ3) is 3.48. The van der Waals surface area contributed by atoms with E-state index in [1.807, 2.05) is 18.2 Å². The summed E-state index contributed by atoms with van der Waals surface area (Å²) in [5, 5.41) is 3.44. The Morgan fingerprint density at radius 1 is 0.733 bits per heavy atom. The van der Waals surface area contributed by atoms with E-state index in [-0.39, 0.29) is 0 Å². The van der Waals surface area contributed by atoms with Gasteiger partial charge < -0.3 is 0 Å². The minimum atomic E-state index is -2.96. The first-order valence-electron chi connectivity index (χ1n) is 10.5. The van der Waals surface area contributed by atoms with Crippen LogP contribution in [-0.2, 0) is 4.79 Å². The summed E-state index contributed by atoms with van der Waals surface area (Å²) in [6.07, 6.45) is 5.16. The zero-order valence-electron chi connectivity index (χ0n) is 17.9. The van der Waals surface area contributed by atoms with Crippen LogP contribution in [0.4, 0.5) is 0 Å². The Balaban J connectivity index is 2.06. The Kier molecular flexibility index (Phi) is 5.58. The van der Waals surface area contributed by atoms with Crippen LogP contribution in [0.15, 0.2) is 114 Å². The van der Waals surface area contributed by atoms with E-state index in [1.165, 1.54) is 11.1 Å². The van der Waals surface area contributed by atoms with E-state index in [0.29, 0.717) is 5.52 Å². The van der Waals surface area contributed by atoms with Gasteiger partial charge in [-0.25, -0.2) is 0 Å². The third-order valence-corrected chi connectivity index (χ3v) is 11.0. The van der Waals surface area contributed by atoms with Gasteiger partial charge in [-0.05, 0) is 0 Å². The number of benzene rings is 3. The summed E-state index contributed by atoms with van der Waals surface area (Å²) in [7, 11) is -2.96. The van der Waals surface area contributed by atoms with E-state index in [0.717, 1.165) is 22.3 Å². The normalized spacial score (nSPS) is 19.6. The molecular formula is C28H29OP. The van der Waals surface area contributed by atoms with Crippen LogP contribution in [0, 0.1) is 5.41 Å². The van der Waals surface area contributed by atoms with Crippen molar-refractivity contribution in [2.75, 3.05) is 0 Å². The number of allylic oxidation sites excluding steroid dienone is 4. The van der Waals surface area contributed by atoms with Gasteiger partial charge in [0.2, 0.25) is 0 Å². The SMILES string of the molecule is CC1=CC(C)(C(=O)[PH](c2ccccc2)(c2ccccc2)c2ccccc2)CC(C)=C1. The molecule has 0 aliphatic heterocycles. The van der Waals surface area contributed by atoms with Crippen LogP contribution < -0.4 is 15.9 Å². The number of carbonyl (C=O) groups is 1. The summed E-state index contributed by atoms with van der Waals surface area (Å²) in [6, 6.07) is 31.3. The predicted octanol–water partition coefficient (Wildman–Crippen LogP) is 5.54. The molecule has 0 aromatic heterocycles. The van der Waals surface area contributed by atoms with Gasteiger partial charge in [-0.2, -0.15) is 0 Å². The van der Waals surface area contributed by atoms with Gasteiger partial charge in [0.05, 0.1) is 0 Å². The Bertz CT molecular complexity index is 1000. The number of hydrogen-bond acceptors (Lipinski definition) is 1. The molecule has 1 atom stereocenters. The molecule has 2 heteroatoms. The molecule has 1 aliphatic rings. The van der Waals surface area contributed by atoms with Crippen molar-refractivity contribution in [2.24, 2.45) is 5.41 Å². The number of hydrogen-bond donors (Lipinski definition) is 0. The monoisotopic (exact) mass is 412 g/mol. The second-order valence-electron chi connectivity index (χ2n) is 8.65. The van der Waals surface area contributed by atoms with Crippen molar-refractivity contribution < 1.29 is 4.79 Å². The molecule has 3 aromatic carbocycles. The van der Waals surface area contributed by atoms with E-state index < -0.39 is 12.7 Å². The fourth-order valence-corrected chi connectivity index (χ4v) is 10.0. The molecule has 0 radical (unpaired) electrons. The Labute approximate surface area is 180 Å². The van der Waals surface area contributed by atoms with Gasteiger partial charge in [-0.15, -0.1) is 0 Å². The topological polar surface area (TPSA) is 17.1 Å². The second kappa shape index (κ2) is 8.17. The van der Waals surface area contributed by atoms with E-state index >= 15 is 0 Å². The summed E-state index contributed by atoms with van der Waals surface area (Å²) in [5.74, 6) is 0. The first-order valence-corrected chi connectivity index (χ1v) is 12.5. The molecular weight excluding hydrogens is 383 g/mol. The van der Waals surface area contributed by atoms with Gasteiger partial charge in [-0.1, -0.05) is 0 Å². The van der Waals surface area contributed by atoms with Crippen LogP contribution in [0.5, 0.6) is 0 Å². The summed E-state index contributed by atoms with van der Waals surface area (Å²) in [4.78, 5) is 14.8. The van der Waals surface area contributed by atoms with Crippen molar-refractivity contribution in [3.05, 3.63) is 114 Å². The maximum atomic E-state index is 14.8. The van der Waals surface area contributed by atoms with Crippen LogP contribution in [0.2, 0.25) is 0 Å². The predicted molar refractivity (Wildman–Crippen MR) is 132 cm³/mol. The summed E-state index contributed by atoms with van der Waals surface area (Å²) < 4.78 is 0. The second-order valence-corrected chi connectivity index (χ2v) is 12.3. The fourth-order valence-electron chi connectivity index (χ4n) is 5.15. The first kappa shape index (κ1) is 20.5. The van der Waals surface area contributed by atoms with Crippen molar-refractivity contribution in [2.45, 2.75) is 27.2 Å². The van der Waals surface area contributed by atoms with Gasteiger partial charge in [-0.3, -0.25) is 0 Å². The zero-order chi connectivity index (χ0) is 21.2. The molecule has 0 spiro atoms. The fraction of sp³-hybridized carbons (Fsp3) is 0.179. The molecule has 152 valence electrons. The van der Waals surface area contributed by atoms with Gasteiger partial charge in [0.25, 0.3) is 0 Å². The van der Waals surface area contributed by atoms with E-state index in [2.05, 4.69) is 106 Å². The first-order chi connectivity index (χ1) is 14.5. The summed E-state index contributed by atoms with van der Waals surface area (Å²) in [6.45, 7) is 6.37. The maximum absolute atomic E-state index is 14.8. The van der Waals surface area contributed by atoms with E-state index in [1.54, 1.807) is 0 Å². The average Bonchev–Trinajstić information content (AvgIpc) is 2.76. The van der Waals surface area contributed by atoms with E-state index in [4.69, 9.17) is 0 Å². The van der Waals surface area contributed by atoms with Crippen molar-refractivity contribution in [1.82, 2.24) is 0 Å². The molecule has 4 rings (SSSR count). The molecule has 0 amide bonds. The van der Waals surface area contributed by atoms with Crippen molar-refractivity contribution >= 4 is 28.7 Å². The van der Waals surface area contributed by atoms with Crippen LogP contribution in [0.3, 0.4) is 0 Å². The van der Waals surface area contributed by atoms with Crippen LogP contribution >= 0.6 is 7.26 Å². The van der Waals surface area contributed by atoms with Crippen molar-refractivity contribution in [3.63, 3.8) is 0 Å². The Morgan fingerprint density at radius 3 is 1.50 bits per heavy atom. The molecule has 0 saturated heterocycles. The molecule has 30 heavy (non-hydrogen) atoms. The van der Waals surface area contributed by atoms with Crippen molar-refractivity contribution in [3.8, 4) is 0 Å². The van der Waals surface area contributed by atoms with E-state index in [9.17, 15) is 4.79 Å². The molecule has 1 nitrogen and oxygen atoms in total. The van der Waals surface area contributed by atoms with Gasteiger partial charge in [0, 0.05) is 0 Å². The zero-order valence-corrected chi connectivity index (χ0v) is 18.9. The van der Waals surface area contributed by atoms with Crippen molar-refractivity contribution in [1.29, 1.82) is 0 Å². The van der Waals surface area contributed by atoms with Crippen LogP contribution in [0.1, 0.15) is 27.2 Å². The van der Waals surface area contributed by atoms with Gasteiger partial charge in [0.1, 0.15) is 0 Å². The number of carbonyl (C=O) groups excluding carboxylic acids is 1. The minimum absolute atomic E-state index is 0.352. The molecule has 0 bridgehead atoms. The molecule has 3 aromatic rings. The molecule has 1 unspecified atom stereocenters. The Hall–Kier alpha value is -2.76. The third-order valence-electron chi connectivity index (χ3n) is 6.15. The van der Waals surface area contributed by atoms with Crippen LogP contribution in [-0.4, -0.2) is 5.52 Å². The molecule has 0 saturated carbocycles. The molecule has 0 fully saturated rings. The molecule has 0 heterocycles. The molecule has 1 aliphatic carbocycles. The molecule has 0 N–H and O–H groups in total. The van der Waals surface area contributed by atoms with Gasteiger partial charge in [0.15, 0.2) is 0 Å². The van der Waals surface area contributed by atoms with Crippen LogP contribution in [0.25, 0.3) is 0 Å². The quantitative estimate of drug-likeness (QED) is 0.503. The summed E-state index contributed by atoms with van der Waals surface area (Å²) in [5.41, 5.74) is 2.26. The Morgan fingerprint density at radius 2 is 1.13 bits per heavy atom. The van der Waals surface area contributed by atoms with Gasteiger partial charge >= 0.3 is 180 Å². The summed E-state index contributed by atoms with van der Waals surface area (Å²) >= 11 is 0. The number of rotatable bonds is 5. The standard InChI is InChI=1S/C28H29OP/c1-22-19-23(2)21-28(3,20-22)27(29)30(24-13-7-4-8-14-24,25-15-9-5-10-16-25)26-17-11-6-12-18-26/h4-20,30H,21H2,1-3H3.